The normalized spacial score (nSPS) is 11.1. The van der Waals surface area contributed by atoms with Gasteiger partial charge in [-0.1, -0.05) is 0 Å². The molecule has 0 unspecified atom stereocenters. The zero-order chi connectivity index (χ0) is 8.91. The molecule has 0 fully saturated rings. The molecular weight excluding hydrogens is 146 g/mol. The Bertz CT molecular complexity index is 154. The van der Waals surface area contributed by atoms with Gasteiger partial charge in [0.1, 0.15) is 6.29 Å². The molecule has 2 N–H and O–H groups in total. The third-order valence-corrected chi connectivity index (χ3v) is 1.31. The largest absolute Gasteiger partial charge is 0.480 e. The summed E-state index contributed by atoms with van der Waals surface area (Å²) in [6.45, 7) is 3.45. The average Bonchev–Trinajstić information content (AvgIpc) is 1.84. The summed E-state index contributed by atoms with van der Waals surface area (Å²) in [6.07, 6.45) is 1.09. The van der Waals surface area contributed by atoms with Crippen molar-refractivity contribution in [1.82, 2.24) is 5.32 Å². The summed E-state index contributed by atoms with van der Waals surface area (Å²) in [5.74, 6) is -0.913. The maximum absolute atomic E-state index is 10.1. The smallest absolute Gasteiger partial charge is 0.317 e. The van der Waals surface area contributed by atoms with E-state index in [1.54, 1.807) is 13.8 Å². The van der Waals surface area contributed by atoms with Crippen molar-refractivity contribution < 1.29 is 14.7 Å². The van der Waals surface area contributed by atoms with Gasteiger partial charge in [0.05, 0.1) is 6.54 Å². The van der Waals surface area contributed by atoms with Gasteiger partial charge in [-0.3, -0.25) is 4.79 Å². The molecule has 0 saturated carbocycles. The Kier molecular flexibility index (Phi) is 3.74. The predicted octanol–water partition coefficient (Wildman–Crippen LogP) is 0.0282. The van der Waals surface area contributed by atoms with Crippen LogP contribution in [0.25, 0.3) is 0 Å². The minimum absolute atomic E-state index is 0.110. The summed E-state index contributed by atoms with van der Waals surface area (Å²) in [5.41, 5.74) is -0.417. The van der Waals surface area contributed by atoms with E-state index in [-0.39, 0.29) is 6.54 Å². The van der Waals surface area contributed by atoms with E-state index in [0.29, 0.717) is 6.42 Å². The van der Waals surface area contributed by atoms with E-state index in [1.807, 2.05) is 0 Å². The number of aliphatic carboxylic acids is 1. The Morgan fingerprint density at radius 2 is 2.18 bits per heavy atom. The highest BCUT2D eigenvalue weighted by molar-refractivity contribution is 5.69. The molecule has 4 nitrogen and oxygen atoms in total. The molecule has 0 saturated heterocycles. The SMILES string of the molecule is CC(C)(CC=O)NCC(=O)O. The van der Waals surface area contributed by atoms with E-state index in [0.717, 1.165) is 6.29 Å². The number of rotatable bonds is 5. The van der Waals surface area contributed by atoms with E-state index >= 15 is 0 Å². The first kappa shape index (κ1) is 10.1. The standard InChI is InChI=1S/C7H13NO3/c1-7(2,3-4-9)8-5-6(10)11/h4,8H,3,5H2,1-2H3,(H,10,11). The van der Waals surface area contributed by atoms with Crippen LogP contribution in [0, 0.1) is 0 Å². The highest BCUT2D eigenvalue weighted by atomic mass is 16.4. The Morgan fingerprint density at radius 3 is 2.55 bits per heavy atom. The lowest BCUT2D eigenvalue weighted by atomic mass is 10.0. The van der Waals surface area contributed by atoms with Crippen LogP contribution in [0.15, 0.2) is 0 Å². The molecule has 0 bridgehead atoms. The van der Waals surface area contributed by atoms with Crippen LogP contribution in [0.5, 0.6) is 0 Å². The van der Waals surface area contributed by atoms with Crippen molar-refractivity contribution in [3.63, 3.8) is 0 Å². The van der Waals surface area contributed by atoms with Crippen molar-refractivity contribution >= 4 is 12.3 Å². The van der Waals surface area contributed by atoms with Crippen molar-refractivity contribution in [3.8, 4) is 0 Å². The Hall–Kier alpha value is -0.900. The zero-order valence-corrected chi connectivity index (χ0v) is 6.76. The van der Waals surface area contributed by atoms with Crippen LogP contribution in [-0.4, -0.2) is 29.4 Å². The molecule has 0 radical (unpaired) electrons. The lowest BCUT2D eigenvalue weighted by Gasteiger charge is -2.22. The van der Waals surface area contributed by atoms with Crippen LogP contribution in [-0.2, 0) is 9.59 Å². The first-order chi connectivity index (χ1) is 4.98. The van der Waals surface area contributed by atoms with E-state index < -0.39 is 11.5 Å². The average molecular weight is 159 g/mol. The topological polar surface area (TPSA) is 66.4 Å². The molecule has 0 aromatic carbocycles. The second kappa shape index (κ2) is 4.08. The number of carboxylic acid groups (broad SMARTS) is 1. The predicted molar refractivity (Wildman–Crippen MR) is 40.4 cm³/mol. The van der Waals surface area contributed by atoms with Crippen molar-refractivity contribution in [1.29, 1.82) is 0 Å². The molecule has 0 rings (SSSR count). The molecule has 4 heteroatoms. The maximum atomic E-state index is 10.1. The van der Waals surface area contributed by atoms with Crippen molar-refractivity contribution in [2.75, 3.05) is 6.54 Å². The van der Waals surface area contributed by atoms with E-state index in [9.17, 15) is 9.59 Å². The van der Waals surface area contributed by atoms with Gasteiger partial charge in [-0.2, -0.15) is 0 Å². The van der Waals surface area contributed by atoms with E-state index in [2.05, 4.69) is 5.32 Å². The number of carboxylic acids is 1. The molecule has 64 valence electrons. The number of aldehydes is 1. The molecule has 0 aliphatic heterocycles. The first-order valence-electron chi connectivity index (χ1n) is 3.38. The minimum atomic E-state index is -0.913. The van der Waals surface area contributed by atoms with Gasteiger partial charge in [0.2, 0.25) is 0 Å². The molecule has 0 aliphatic carbocycles. The molecule has 0 atom stereocenters. The number of nitrogens with one attached hydrogen (secondary N) is 1. The Labute approximate surface area is 65.6 Å². The van der Waals surface area contributed by atoms with Gasteiger partial charge in [0.15, 0.2) is 0 Å². The minimum Gasteiger partial charge on any atom is -0.480 e. The van der Waals surface area contributed by atoms with Crippen LogP contribution in [0.3, 0.4) is 0 Å². The van der Waals surface area contributed by atoms with Gasteiger partial charge in [-0.15, -0.1) is 0 Å². The Morgan fingerprint density at radius 1 is 1.64 bits per heavy atom. The van der Waals surface area contributed by atoms with Gasteiger partial charge in [-0.05, 0) is 13.8 Å². The lowest BCUT2D eigenvalue weighted by Crippen LogP contribution is -2.42. The molecule has 0 heterocycles. The molecular formula is C7H13NO3. The van der Waals surface area contributed by atoms with Crippen LogP contribution in [0.1, 0.15) is 20.3 Å². The fourth-order valence-corrected chi connectivity index (χ4v) is 0.595. The summed E-state index contributed by atoms with van der Waals surface area (Å²) in [5, 5.41) is 11.0. The van der Waals surface area contributed by atoms with Crippen molar-refractivity contribution in [2.45, 2.75) is 25.8 Å². The quantitative estimate of drug-likeness (QED) is 0.555. The summed E-state index contributed by atoms with van der Waals surface area (Å²) in [6, 6.07) is 0. The first-order valence-corrected chi connectivity index (χ1v) is 3.38. The third-order valence-electron chi connectivity index (χ3n) is 1.31. The van der Waals surface area contributed by atoms with Gasteiger partial charge in [-0.25, -0.2) is 0 Å². The summed E-state index contributed by atoms with van der Waals surface area (Å²) in [7, 11) is 0. The van der Waals surface area contributed by atoms with Gasteiger partial charge >= 0.3 is 5.97 Å². The number of carbonyl (C=O) groups excluding carboxylic acids is 1. The highest BCUT2D eigenvalue weighted by Crippen LogP contribution is 2.04. The third kappa shape index (κ3) is 5.54. The fraction of sp³-hybridized carbons (Fsp3) is 0.714. The van der Waals surface area contributed by atoms with E-state index in [1.165, 1.54) is 0 Å². The zero-order valence-electron chi connectivity index (χ0n) is 6.76. The number of carbonyl (C=O) groups is 2. The summed E-state index contributed by atoms with van der Waals surface area (Å²) < 4.78 is 0. The molecule has 0 aromatic heterocycles. The summed E-state index contributed by atoms with van der Waals surface area (Å²) >= 11 is 0. The van der Waals surface area contributed by atoms with Gasteiger partial charge in [0.25, 0.3) is 0 Å². The van der Waals surface area contributed by atoms with E-state index in [4.69, 9.17) is 5.11 Å². The number of hydrogen-bond donors (Lipinski definition) is 2. The Balaban J connectivity index is 3.71. The van der Waals surface area contributed by atoms with Crippen molar-refractivity contribution in [3.05, 3.63) is 0 Å². The highest BCUT2D eigenvalue weighted by Gasteiger charge is 2.16. The molecule has 0 aliphatic rings. The molecule has 0 aromatic rings. The van der Waals surface area contributed by atoms with Gasteiger partial charge in [0, 0.05) is 12.0 Å². The summed E-state index contributed by atoms with van der Waals surface area (Å²) in [4.78, 5) is 20.2. The molecule has 0 amide bonds. The van der Waals surface area contributed by atoms with Crippen LogP contribution in [0.2, 0.25) is 0 Å². The maximum Gasteiger partial charge on any atom is 0.317 e. The second-order valence-electron chi connectivity index (χ2n) is 3.00. The second-order valence-corrected chi connectivity index (χ2v) is 3.00. The number of hydrogen-bond acceptors (Lipinski definition) is 3. The van der Waals surface area contributed by atoms with Crippen molar-refractivity contribution in [2.24, 2.45) is 0 Å². The van der Waals surface area contributed by atoms with Gasteiger partial charge < -0.3 is 15.2 Å². The lowest BCUT2D eigenvalue weighted by molar-refractivity contribution is -0.136. The monoisotopic (exact) mass is 159 g/mol. The van der Waals surface area contributed by atoms with Crippen LogP contribution < -0.4 is 5.32 Å². The molecule has 11 heavy (non-hydrogen) atoms. The van der Waals surface area contributed by atoms with Crippen LogP contribution >= 0.6 is 0 Å². The van der Waals surface area contributed by atoms with Crippen LogP contribution in [0.4, 0.5) is 0 Å². The fourth-order valence-electron chi connectivity index (χ4n) is 0.595. The molecule has 0 spiro atoms.